The summed E-state index contributed by atoms with van der Waals surface area (Å²) < 4.78 is 5.16. The Balaban J connectivity index is 1.89. The normalized spacial score (nSPS) is 18.1. The number of hydrogen-bond acceptors (Lipinski definition) is 6. The highest BCUT2D eigenvalue weighted by Crippen LogP contribution is 2.37. The van der Waals surface area contributed by atoms with Crippen molar-refractivity contribution in [3.8, 4) is 0 Å². The van der Waals surface area contributed by atoms with Gasteiger partial charge < -0.3 is 14.5 Å². The third-order valence-electron chi connectivity index (χ3n) is 4.57. The van der Waals surface area contributed by atoms with Crippen LogP contribution in [0.15, 0.2) is 10.9 Å². The second-order valence-corrected chi connectivity index (χ2v) is 5.57. The van der Waals surface area contributed by atoms with Gasteiger partial charge >= 0.3 is 5.97 Å². The summed E-state index contributed by atoms with van der Waals surface area (Å²) >= 11 is 0. The van der Waals surface area contributed by atoms with Gasteiger partial charge in [0.2, 0.25) is 0 Å². The lowest BCUT2D eigenvalue weighted by molar-refractivity contribution is -0.150. The number of hydrogen-bond donors (Lipinski definition) is 1. The lowest BCUT2D eigenvalue weighted by atomic mass is 9.76. The van der Waals surface area contributed by atoms with Crippen molar-refractivity contribution in [2.24, 2.45) is 5.41 Å². The van der Waals surface area contributed by atoms with Gasteiger partial charge in [0.1, 0.15) is 17.5 Å². The SMILES string of the molecule is CCC1(C(=O)O)CCN(c2ncnc3onc(C)c23)CC1. The predicted octanol–water partition coefficient (Wildman–Crippen LogP) is 2.01. The molecule has 0 radical (unpaired) electrons. The highest BCUT2D eigenvalue weighted by atomic mass is 16.5. The van der Waals surface area contributed by atoms with E-state index in [4.69, 9.17) is 4.52 Å². The molecule has 3 rings (SSSR count). The van der Waals surface area contributed by atoms with Gasteiger partial charge in [-0.1, -0.05) is 12.1 Å². The van der Waals surface area contributed by atoms with E-state index < -0.39 is 11.4 Å². The largest absolute Gasteiger partial charge is 0.481 e. The first-order chi connectivity index (χ1) is 10.1. The first kappa shape index (κ1) is 13.8. The molecule has 2 aromatic rings. The second kappa shape index (κ2) is 4.98. The van der Waals surface area contributed by atoms with Gasteiger partial charge in [-0.05, 0) is 26.2 Å². The van der Waals surface area contributed by atoms with Crippen LogP contribution in [0, 0.1) is 12.3 Å². The fraction of sp³-hybridized carbons (Fsp3) is 0.571. The fourth-order valence-electron chi connectivity index (χ4n) is 3.01. The Bertz CT molecular complexity index is 674. The van der Waals surface area contributed by atoms with Crippen LogP contribution >= 0.6 is 0 Å². The van der Waals surface area contributed by atoms with Crippen LogP contribution in [-0.2, 0) is 4.79 Å². The van der Waals surface area contributed by atoms with Crippen LogP contribution in [-0.4, -0.2) is 39.3 Å². The Morgan fingerprint density at radius 1 is 1.43 bits per heavy atom. The average Bonchev–Trinajstić information content (AvgIpc) is 2.89. The first-order valence-corrected chi connectivity index (χ1v) is 7.13. The van der Waals surface area contributed by atoms with E-state index in [0.717, 1.165) is 16.9 Å². The number of carboxylic acid groups (broad SMARTS) is 1. The lowest BCUT2D eigenvalue weighted by Gasteiger charge is -2.38. The number of carbonyl (C=O) groups is 1. The minimum absolute atomic E-state index is 0.475. The molecule has 0 aromatic carbocycles. The van der Waals surface area contributed by atoms with Gasteiger partial charge in [0, 0.05) is 13.1 Å². The van der Waals surface area contributed by atoms with Gasteiger partial charge in [0.25, 0.3) is 5.71 Å². The van der Waals surface area contributed by atoms with Crippen molar-refractivity contribution in [2.45, 2.75) is 33.1 Å². The fourth-order valence-corrected chi connectivity index (χ4v) is 3.01. The van der Waals surface area contributed by atoms with Crippen LogP contribution in [0.3, 0.4) is 0 Å². The molecule has 3 heterocycles. The number of anilines is 1. The van der Waals surface area contributed by atoms with Crippen molar-refractivity contribution >= 4 is 22.9 Å². The molecule has 21 heavy (non-hydrogen) atoms. The van der Waals surface area contributed by atoms with E-state index >= 15 is 0 Å². The standard InChI is InChI=1S/C14H18N4O3/c1-3-14(13(19)20)4-6-18(7-5-14)11-10-9(2)17-21-12(10)16-8-15-11/h8H,3-7H2,1-2H3,(H,19,20). The summed E-state index contributed by atoms with van der Waals surface area (Å²) in [4.78, 5) is 22.0. The topological polar surface area (TPSA) is 92.3 Å². The van der Waals surface area contributed by atoms with E-state index in [1.807, 2.05) is 13.8 Å². The van der Waals surface area contributed by atoms with Gasteiger partial charge in [0.05, 0.1) is 11.1 Å². The minimum Gasteiger partial charge on any atom is -0.481 e. The molecule has 1 N–H and O–H groups in total. The molecule has 1 saturated heterocycles. The average molecular weight is 290 g/mol. The number of carboxylic acids is 1. The third-order valence-corrected chi connectivity index (χ3v) is 4.57. The molecular weight excluding hydrogens is 272 g/mol. The Kier molecular flexibility index (Phi) is 3.27. The monoisotopic (exact) mass is 290 g/mol. The Morgan fingerprint density at radius 3 is 2.76 bits per heavy atom. The molecule has 0 bridgehead atoms. The summed E-state index contributed by atoms with van der Waals surface area (Å²) in [6.45, 7) is 5.13. The summed E-state index contributed by atoms with van der Waals surface area (Å²) in [7, 11) is 0. The molecule has 1 fully saturated rings. The molecule has 0 saturated carbocycles. The number of aryl methyl sites for hydroxylation is 1. The highest BCUT2D eigenvalue weighted by Gasteiger charge is 2.40. The molecule has 1 aliphatic heterocycles. The molecule has 2 aromatic heterocycles. The summed E-state index contributed by atoms with van der Waals surface area (Å²) in [5.74, 6) is 0.0903. The van der Waals surface area contributed by atoms with Crippen LogP contribution in [0.1, 0.15) is 31.9 Å². The molecule has 112 valence electrons. The number of nitrogens with zero attached hydrogens (tertiary/aromatic N) is 4. The zero-order chi connectivity index (χ0) is 15.0. The van der Waals surface area contributed by atoms with E-state index in [-0.39, 0.29) is 0 Å². The molecule has 0 amide bonds. The van der Waals surface area contributed by atoms with Gasteiger partial charge in [-0.25, -0.2) is 4.98 Å². The zero-order valence-corrected chi connectivity index (χ0v) is 12.2. The van der Waals surface area contributed by atoms with E-state index in [9.17, 15) is 9.90 Å². The maximum atomic E-state index is 11.5. The quantitative estimate of drug-likeness (QED) is 0.924. The van der Waals surface area contributed by atoms with E-state index in [0.29, 0.717) is 38.1 Å². The summed E-state index contributed by atoms with van der Waals surface area (Å²) in [6, 6.07) is 0. The third kappa shape index (κ3) is 2.12. The van der Waals surface area contributed by atoms with Crippen LogP contribution in [0.4, 0.5) is 5.82 Å². The molecular formula is C14H18N4O3. The van der Waals surface area contributed by atoms with Crippen molar-refractivity contribution in [1.29, 1.82) is 0 Å². The van der Waals surface area contributed by atoms with Gasteiger partial charge in [-0.2, -0.15) is 4.98 Å². The van der Waals surface area contributed by atoms with Crippen LogP contribution < -0.4 is 4.90 Å². The van der Waals surface area contributed by atoms with Crippen molar-refractivity contribution in [1.82, 2.24) is 15.1 Å². The van der Waals surface area contributed by atoms with Crippen molar-refractivity contribution < 1.29 is 14.4 Å². The van der Waals surface area contributed by atoms with Crippen molar-refractivity contribution in [2.75, 3.05) is 18.0 Å². The highest BCUT2D eigenvalue weighted by molar-refractivity contribution is 5.88. The minimum atomic E-state index is -0.696. The Morgan fingerprint density at radius 2 is 2.14 bits per heavy atom. The number of aliphatic carboxylic acids is 1. The van der Waals surface area contributed by atoms with Crippen molar-refractivity contribution in [3.05, 3.63) is 12.0 Å². The summed E-state index contributed by atoms with van der Waals surface area (Å²) in [6.07, 6.45) is 3.35. The number of fused-ring (bicyclic) bond motifs is 1. The molecule has 1 aliphatic rings. The second-order valence-electron chi connectivity index (χ2n) is 5.57. The van der Waals surface area contributed by atoms with Gasteiger partial charge in [0.15, 0.2) is 0 Å². The number of aromatic nitrogens is 3. The summed E-state index contributed by atoms with van der Waals surface area (Å²) in [5, 5.41) is 14.2. The smallest absolute Gasteiger partial charge is 0.309 e. The zero-order valence-electron chi connectivity index (χ0n) is 12.2. The molecule has 7 nitrogen and oxygen atoms in total. The lowest BCUT2D eigenvalue weighted by Crippen LogP contribution is -2.44. The number of rotatable bonds is 3. The summed E-state index contributed by atoms with van der Waals surface area (Å²) in [5.41, 5.74) is 0.626. The molecule has 0 aliphatic carbocycles. The molecule has 0 unspecified atom stereocenters. The van der Waals surface area contributed by atoms with Crippen LogP contribution in [0.5, 0.6) is 0 Å². The van der Waals surface area contributed by atoms with Crippen LogP contribution in [0.25, 0.3) is 11.1 Å². The predicted molar refractivity (Wildman–Crippen MR) is 76.1 cm³/mol. The number of piperidine rings is 1. The Hall–Kier alpha value is -2.18. The molecule has 7 heteroatoms. The van der Waals surface area contributed by atoms with Crippen molar-refractivity contribution in [3.63, 3.8) is 0 Å². The maximum Gasteiger partial charge on any atom is 0.309 e. The maximum absolute atomic E-state index is 11.5. The molecule has 0 atom stereocenters. The van der Waals surface area contributed by atoms with Gasteiger partial charge in [-0.3, -0.25) is 4.79 Å². The van der Waals surface area contributed by atoms with E-state index in [2.05, 4.69) is 20.0 Å². The van der Waals surface area contributed by atoms with Crippen LogP contribution in [0.2, 0.25) is 0 Å². The van der Waals surface area contributed by atoms with E-state index in [1.165, 1.54) is 6.33 Å². The van der Waals surface area contributed by atoms with Gasteiger partial charge in [-0.15, -0.1) is 0 Å². The Labute approximate surface area is 122 Å². The van der Waals surface area contributed by atoms with E-state index in [1.54, 1.807) is 0 Å². The molecule has 0 spiro atoms. The first-order valence-electron chi connectivity index (χ1n) is 7.13.